The van der Waals surface area contributed by atoms with Gasteiger partial charge in [0.15, 0.2) is 0 Å². The van der Waals surface area contributed by atoms with Crippen LogP contribution in [-0.2, 0) is 0 Å². The Kier molecular flexibility index (Phi) is 7.96. The second-order valence-corrected chi connectivity index (χ2v) is 5.40. The van der Waals surface area contributed by atoms with Crippen molar-refractivity contribution in [2.75, 3.05) is 6.61 Å². The predicted molar refractivity (Wildman–Crippen MR) is 92.6 cm³/mol. The molecule has 0 aromatic heterocycles. The van der Waals surface area contributed by atoms with Crippen LogP contribution in [0.2, 0.25) is 0 Å². The van der Waals surface area contributed by atoms with Crippen LogP contribution in [0.15, 0.2) is 60.7 Å². The van der Waals surface area contributed by atoms with Crippen molar-refractivity contribution in [3.05, 3.63) is 66.2 Å². The number of rotatable bonds is 7. The van der Waals surface area contributed by atoms with Crippen LogP contribution in [0.5, 0.6) is 5.75 Å². The van der Waals surface area contributed by atoms with Gasteiger partial charge < -0.3 is 15.2 Å². The van der Waals surface area contributed by atoms with Crippen molar-refractivity contribution in [2.45, 2.75) is 32.0 Å². The van der Waals surface area contributed by atoms with Crippen molar-refractivity contribution < 1.29 is 9.84 Å². The molecule has 0 spiro atoms. The highest BCUT2D eigenvalue weighted by Crippen LogP contribution is 2.19. The van der Waals surface area contributed by atoms with E-state index in [1.807, 2.05) is 60.7 Å². The smallest absolute Gasteiger partial charge is 0.119 e. The molecule has 120 valence electrons. The average molecular weight is 322 g/mol. The third-order valence-electron chi connectivity index (χ3n) is 3.22. The van der Waals surface area contributed by atoms with Crippen molar-refractivity contribution in [2.24, 2.45) is 0 Å². The molecule has 0 fully saturated rings. The fourth-order valence-electron chi connectivity index (χ4n) is 2.24. The van der Waals surface area contributed by atoms with Gasteiger partial charge in [0.1, 0.15) is 18.5 Å². The van der Waals surface area contributed by atoms with Gasteiger partial charge in [0.25, 0.3) is 0 Å². The summed E-state index contributed by atoms with van der Waals surface area (Å²) in [6, 6.07) is 19.7. The molecule has 0 bridgehead atoms. The van der Waals surface area contributed by atoms with Gasteiger partial charge in [-0.05, 0) is 17.7 Å². The molecule has 0 radical (unpaired) electrons. The number of para-hydroxylation sites is 1. The molecule has 0 heterocycles. The molecule has 0 aliphatic rings. The lowest BCUT2D eigenvalue weighted by Gasteiger charge is -2.26. The van der Waals surface area contributed by atoms with E-state index in [2.05, 4.69) is 19.2 Å². The Hall–Kier alpha value is -1.55. The van der Waals surface area contributed by atoms with E-state index in [9.17, 15) is 5.11 Å². The first-order valence-corrected chi connectivity index (χ1v) is 7.33. The SMILES string of the molecule is CC(C)N[C@H](c1ccccc1)[C@@H](O)COc1ccccc1.Cl. The fourth-order valence-corrected chi connectivity index (χ4v) is 2.24. The predicted octanol–water partition coefficient (Wildman–Crippen LogP) is 3.59. The average Bonchev–Trinajstić information content (AvgIpc) is 2.52. The first kappa shape index (κ1) is 18.5. The van der Waals surface area contributed by atoms with Gasteiger partial charge in [-0.2, -0.15) is 0 Å². The summed E-state index contributed by atoms with van der Waals surface area (Å²) < 4.78 is 5.66. The number of hydrogen-bond donors (Lipinski definition) is 2. The maximum Gasteiger partial charge on any atom is 0.119 e. The van der Waals surface area contributed by atoms with E-state index in [-0.39, 0.29) is 31.1 Å². The maximum absolute atomic E-state index is 10.5. The highest BCUT2D eigenvalue weighted by molar-refractivity contribution is 5.85. The Bertz CT molecular complexity index is 519. The Morgan fingerprint density at radius 1 is 0.955 bits per heavy atom. The first-order chi connectivity index (χ1) is 10.2. The van der Waals surface area contributed by atoms with Crippen LogP contribution in [0.1, 0.15) is 25.5 Å². The van der Waals surface area contributed by atoms with Gasteiger partial charge in [0.05, 0.1) is 6.04 Å². The summed E-state index contributed by atoms with van der Waals surface area (Å²) in [7, 11) is 0. The van der Waals surface area contributed by atoms with E-state index >= 15 is 0 Å². The minimum absolute atomic E-state index is 0. The molecule has 0 saturated heterocycles. The van der Waals surface area contributed by atoms with Crippen LogP contribution in [0.25, 0.3) is 0 Å². The fraction of sp³-hybridized carbons (Fsp3) is 0.333. The second kappa shape index (κ2) is 9.46. The number of aliphatic hydroxyl groups is 1. The zero-order chi connectivity index (χ0) is 15.1. The standard InChI is InChI=1S/C18H23NO2.ClH/c1-14(2)19-18(15-9-5-3-6-10-15)17(20)13-21-16-11-7-4-8-12-16;/h3-12,14,17-20H,13H2,1-2H3;1H/t17-,18+;/m0./s1. The van der Waals surface area contributed by atoms with E-state index in [1.54, 1.807) is 0 Å². The number of halogens is 1. The zero-order valence-electron chi connectivity index (χ0n) is 13.0. The summed E-state index contributed by atoms with van der Waals surface area (Å²) in [5, 5.41) is 13.9. The summed E-state index contributed by atoms with van der Waals surface area (Å²) >= 11 is 0. The van der Waals surface area contributed by atoms with Crippen LogP contribution < -0.4 is 10.1 Å². The lowest BCUT2D eigenvalue weighted by Crippen LogP contribution is -2.39. The van der Waals surface area contributed by atoms with Gasteiger partial charge in [0.2, 0.25) is 0 Å². The summed E-state index contributed by atoms with van der Waals surface area (Å²) in [6.45, 7) is 4.39. The lowest BCUT2D eigenvalue weighted by atomic mass is 10.0. The van der Waals surface area contributed by atoms with Crippen LogP contribution in [0.3, 0.4) is 0 Å². The van der Waals surface area contributed by atoms with Crippen molar-refractivity contribution in [1.29, 1.82) is 0 Å². The molecule has 4 heteroatoms. The Labute approximate surface area is 138 Å². The second-order valence-electron chi connectivity index (χ2n) is 5.40. The van der Waals surface area contributed by atoms with E-state index in [4.69, 9.17) is 4.74 Å². The third kappa shape index (κ3) is 5.68. The largest absolute Gasteiger partial charge is 0.491 e. The van der Waals surface area contributed by atoms with E-state index in [1.165, 1.54) is 0 Å². The summed E-state index contributed by atoms with van der Waals surface area (Å²) in [5.74, 6) is 0.771. The Balaban J connectivity index is 0.00000242. The first-order valence-electron chi connectivity index (χ1n) is 7.33. The van der Waals surface area contributed by atoms with E-state index < -0.39 is 6.10 Å². The zero-order valence-corrected chi connectivity index (χ0v) is 13.8. The van der Waals surface area contributed by atoms with Gasteiger partial charge in [-0.1, -0.05) is 62.4 Å². The van der Waals surface area contributed by atoms with Crippen molar-refractivity contribution in [3.63, 3.8) is 0 Å². The van der Waals surface area contributed by atoms with Crippen molar-refractivity contribution in [1.82, 2.24) is 5.32 Å². The Morgan fingerprint density at radius 3 is 2.05 bits per heavy atom. The molecule has 22 heavy (non-hydrogen) atoms. The van der Waals surface area contributed by atoms with Crippen molar-refractivity contribution >= 4 is 12.4 Å². The molecule has 2 N–H and O–H groups in total. The number of nitrogens with one attached hydrogen (secondary N) is 1. The molecule has 0 saturated carbocycles. The molecule has 2 aromatic rings. The minimum Gasteiger partial charge on any atom is -0.491 e. The molecule has 0 unspecified atom stereocenters. The monoisotopic (exact) mass is 321 g/mol. The molecule has 2 aromatic carbocycles. The van der Waals surface area contributed by atoms with Gasteiger partial charge >= 0.3 is 0 Å². The van der Waals surface area contributed by atoms with Crippen LogP contribution >= 0.6 is 12.4 Å². The highest BCUT2D eigenvalue weighted by atomic mass is 35.5. The number of hydrogen-bond acceptors (Lipinski definition) is 3. The molecule has 3 nitrogen and oxygen atoms in total. The summed E-state index contributed by atoms with van der Waals surface area (Å²) in [6.07, 6.45) is -0.616. The molecule has 0 aliphatic carbocycles. The van der Waals surface area contributed by atoms with Crippen LogP contribution in [-0.4, -0.2) is 23.9 Å². The van der Waals surface area contributed by atoms with E-state index in [0.29, 0.717) is 0 Å². The van der Waals surface area contributed by atoms with E-state index in [0.717, 1.165) is 11.3 Å². The number of ether oxygens (including phenoxy) is 1. The molecule has 0 amide bonds. The van der Waals surface area contributed by atoms with Gasteiger partial charge in [0, 0.05) is 6.04 Å². The third-order valence-corrected chi connectivity index (χ3v) is 3.22. The molecule has 0 aliphatic heterocycles. The van der Waals surface area contributed by atoms with Crippen LogP contribution in [0, 0.1) is 0 Å². The molecule has 2 rings (SSSR count). The quantitative estimate of drug-likeness (QED) is 0.819. The minimum atomic E-state index is -0.616. The van der Waals surface area contributed by atoms with Gasteiger partial charge in [-0.15, -0.1) is 12.4 Å². The molecular formula is C18H24ClNO2. The molecular weight excluding hydrogens is 298 g/mol. The summed E-state index contributed by atoms with van der Waals surface area (Å²) in [4.78, 5) is 0. The number of aliphatic hydroxyl groups excluding tert-OH is 1. The van der Waals surface area contributed by atoms with Crippen LogP contribution in [0.4, 0.5) is 0 Å². The highest BCUT2D eigenvalue weighted by Gasteiger charge is 2.22. The topological polar surface area (TPSA) is 41.5 Å². The number of benzene rings is 2. The normalized spacial score (nSPS) is 13.3. The van der Waals surface area contributed by atoms with Gasteiger partial charge in [-0.3, -0.25) is 0 Å². The summed E-state index contributed by atoms with van der Waals surface area (Å²) in [5.41, 5.74) is 1.07. The van der Waals surface area contributed by atoms with Gasteiger partial charge in [-0.25, -0.2) is 0 Å². The Morgan fingerprint density at radius 2 is 1.50 bits per heavy atom. The molecule has 2 atom stereocenters. The van der Waals surface area contributed by atoms with Crippen molar-refractivity contribution in [3.8, 4) is 5.75 Å². The maximum atomic E-state index is 10.5. The lowest BCUT2D eigenvalue weighted by molar-refractivity contribution is 0.0699.